The van der Waals surface area contributed by atoms with Crippen molar-refractivity contribution in [2.24, 2.45) is 0 Å². The van der Waals surface area contributed by atoms with E-state index in [1.54, 1.807) is 0 Å². The van der Waals surface area contributed by atoms with Gasteiger partial charge in [0.15, 0.2) is 0 Å². The van der Waals surface area contributed by atoms with E-state index in [0.717, 1.165) is 24.5 Å². The number of rotatable bonds is 5. The molecule has 0 unspecified atom stereocenters. The first-order valence-electron chi connectivity index (χ1n) is 8.22. The van der Waals surface area contributed by atoms with Crippen LogP contribution in [0.1, 0.15) is 29.8 Å². The van der Waals surface area contributed by atoms with Crippen molar-refractivity contribution in [1.82, 2.24) is 15.2 Å². The van der Waals surface area contributed by atoms with E-state index in [9.17, 15) is 0 Å². The average molecular weight is 295 g/mol. The Bertz CT molecular complexity index is 574. The summed E-state index contributed by atoms with van der Waals surface area (Å²) >= 11 is 0. The number of nitrogens with zero attached hydrogens (tertiary/aromatic N) is 2. The zero-order chi connectivity index (χ0) is 15.2. The highest BCUT2D eigenvalue weighted by atomic mass is 15.1. The Labute approximate surface area is 133 Å². The summed E-state index contributed by atoms with van der Waals surface area (Å²) in [5.74, 6) is 0. The SMILES string of the molecule is Cc1cccc(CNC2CCN(Cc3ccccc3)CC2)n1. The maximum absolute atomic E-state index is 4.56. The molecule has 0 bridgehead atoms. The lowest BCUT2D eigenvalue weighted by Gasteiger charge is -2.32. The molecule has 3 heteroatoms. The Morgan fingerprint density at radius 3 is 2.55 bits per heavy atom. The van der Waals surface area contributed by atoms with E-state index in [-0.39, 0.29) is 0 Å². The van der Waals surface area contributed by atoms with Gasteiger partial charge in [-0.25, -0.2) is 0 Å². The lowest BCUT2D eigenvalue weighted by atomic mass is 10.0. The molecule has 3 rings (SSSR count). The number of aromatic nitrogens is 1. The Hall–Kier alpha value is -1.71. The third-order valence-electron chi connectivity index (χ3n) is 4.35. The van der Waals surface area contributed by atoms with Crippen LogP contribution in [0.25, 0.3) is 0 Å². The first kappa shape index (κ1) is 15.2. The molecule has 2 heterocycles. The highest BCUT2D eigenvalue weighted by Gasteiger charge is 2.18. The number of likely N-dealkylation sites (tertiary alicyclic amines) is 1. The van der Waals surface area contributed by atoms with Gasteiger partial charge < -0.3 is 5.32 Å². The normalized spacial score (nSPS) is 16.8. The largest absolute Gasteiger partial charge is 0.308 e. The van der Waals surface area contributed by atoms with E-state index >= 15 is 0 Å². The Morgan fingerprint density at radius 1 is 1.05 bits per heavy atom. The van der Waals surface area contributed by atoms with Crippen LogP contribution < -0.4 is 5.32 Å². The fraction of sp³-hybridized carbons (Fsp3) is 0.421. The summed E-state index contributed by atoms with van der Waals surface area (Å²) in [6, 6.07) is 17.6. The quantitative estimate of drug-likeness (QED) is 0.918. The summed E-state index contributed by atoms with van der Waals surface area (Å²) < 4.78 is 0. The molecule has 3 nitrogen and oxygen atoms in total. The predicted molar refractivity (Wildman–Crippen MR) is 90.6 cm³/mol. The fourth-order valence-electron chi connectivity index (χ4n) is 3.08. The maximum Gasteiger partial charge on any atom is 0.0544 e. The zero-order valence-electron chi connectivity index (χ0n) is 13.3. The molecule has 0 radical (unpaired) electrons. The molecule has 0 aliphatic carbocycles. The summed E-state index contributed by atoms with van der Waals surface area (Å²) in [7, 11) is 0. The minimum Gasteiger partial charge on any atom is -0.308 e. The van der Waals surface area contributed by atoms with Gasteiger partial charge >= 0.3 is 0 Å². The molecular weight excluding hydrogens is 270 g/mol. The van der Waals surface area contributed by atoms with Gasteiger partial charge in [-0.2, -0.15) is 0 Å². The van der Waals surface area contributed by atoms with Crippen LogP contribution in [0.3, 0.4) is 0 Å². The van der Waals surface area contributed by atoms with E-state index in [2.05, 4.69) is 57.7 Å². The average Bonchev–Trinajstić information content (AvgIpc) is 2.55. The standard InChI is InChI=1S/C19H25N3/c1-16-6-5-9-19(21-16)14-20-18-10-12-22(13-11-18)15-17-7-3-2-4-8-17/h2-9,18,20H,10-15H2,1H3. The number of nitrogens with one attached hydrogen (secondary N) is 1. The van der Waals surface area contributed by atoms with Crippen molar-refractivity contribution in [2.75, 3.05) is 13.1 Å². The molecule has 1 fully saturated rings. The van der Waals surface area contributed by atoms with Crippen molar-refractivity contribution in [1.29, 1.82) is 0 Å². The number of aryl methyl sites for hydroxylation is 1. The summed E-state index contributed by atoms with van der Waals surface area (Å²) in [5, 5.41) is 3.66. The second-order valence-electron chi connectivity index (χ2n) is 6.19. The Balaban J connectivity index is 1.42. The lowest BCUT2D eigenvalue weighted by molar-refractivity contribution is 0.190. The van der Waals surface area contributed by atoms with Crippen LogP contribution in [-0.4, -0.2) is 29.0 Å². The highest BCUT2D eigenvalue weighted by molar-refractivity contribution is 5.14. The van der Waals surface area contributed by atoms with Crippen molar-refractivity contribution < 1.29 is 0 Å². The topological polar surface area (TPSA) is 28.2 Å². The van der Waals surface area contributed by atoms with Crippen molar-refractivity contribution in [3.05, 3.63) is 65.5 Å². The van der Waals surface area contributed by atoms with Crippen molar-refractivity contribution in [2.45, 2.75) is 38.9 Å². The third-order valence-corrected chi connectivity index (χ3v) is 4.35. The number of pyridine rings is 1. The fourth-order valence-corrected chi connectivity index (χ4v) is 3.08. The van der Waals surface area contributed by atoms with Gasteiger partial charge in [-0.1, -0.05) is 36.4 Å². The molecular formula is C19H25N3. The van der Waals surface area contributed by atoms with Gasteiger partial charge in [0.1, 0.15) is 0 Å². The highest BCUT2D eigenvalue weighted by Crippen LogP contribution is 2.14. The predicted octanol–water partition coefficient (Wildman–Crippen LogP) is 3.14. The molecule has 1 aliphatic rings. The molecule has 0 atom stereocenters. The van der Waals surface area contributed by atoms with Crippen molar-refractivity contribution in [3.63, 3.8) is 0 Å². The van der Waals surface area contributed by atoms with Crippen LogP contribution in [0.15, 0.2) is 48.5 Å². The summed E-state index contributed by atoms with van der Waals surface area (Å²) in [4.78, 5) is 7.11. The molecule has 0 spiro atoms. The van der Waals surface area contributed by atoms with Gasteiger partial charge in [-0.05, 0) is 50.6 Å². The molecule has 1 saturated heterocycles. The molecule has 116 valence electrons. The van der Waals surface area contributed by atoms with Crippen LogP contribution in [0.5, 0.6) is 0 Å². The molecule has 2 aromatic rings. The third kappa shape index (κ3) is 4.39. The lowest BCUT2D eigenvalue weighted by Crippen LogP contribution is -2.41. The van der Waals surface area contributed by atoms with Crippen molar-refractivity contribution in [3.8, 4) is 0 Å². The summed E-state index contributed by atoms with van der Waals surface area (Å²) in [5.41, 5.74) is 3.65. The van der Waals surface area contributed by atoms with Crippen LogP contribution in [-0.2, 0) is 13.1 Å². The van der Waals surface area contributed by atoms with Crippen LogP contribution in [0.4, 0.5) is 0 Å². The number of hydrogen-bond acceptors (Lipinski definition) is 3. The molecule has 0 saturated carbocycles. The van der Waals surface area contributed by atoms with E-state index in [4.69, 9.17) is 0 Å². The first-order chi connectivity index (χ1) is 10.8. The molecule has 0 amide bonds. The van der Waals surface area contributed by atoms with E-state index in [0.29, 0.717) is 6.04 Å². The van der Waals surface area contributed by atoms with Gasteiger partial charge in [0.2, 0.25) is 0 Å². The van der Waals surface area contributed by atoms with Gasteiger partial charge in [0, 0.05) is 24.8 Å². The zero-order valence-corrected chi connectivity index (χ0v) is 13.3. The second-order valence-corrected chi connectivity index (χ2v) is 6.19. The van der Waals surface area contributed by atoms with Crippen LogP contribution in [0.2, 0.25) is 0 Å². The molecule has 22 heavy (non-hydrogen) atoms. The summed E-state index contributed by atoms with van der Waals surface area (Å²) in [6.07, 6.45) is 2.44. The smallest absolute Gasteiger partial charge is 0.0544 e. The van der Waals surface area contributed by atoms with Gasteiger partial charge in [0.25, 0.3) is 0 Å². The molecule has 1 N–H and O–H groups in total. The van der Waals surface area contributed by atoms with Crippen LogP contribution in [0, 0.1) is 6.92 Å². The maximum atomic E-state index is 4.56. The van der Waals surface area contributed by atoms with E-state index < -0.39 is 0 Å². The van der Waals surface area contributed by atoms with Gasteiger partial charge in [-0.3, -0.25) is 9.88 Å². The molecule has 1 aromatic carbocycles. The Kier molecular flexibility index (Phi) is 5.20. The minimum absolute atomic E-state index is 0.620. The monoisotopic (exact) mass is 295 g/mol. The second kappa shape index (κ2) is 7.52. The van der Waals surface area contributed by atoms with Crippen LogP contribution >= 0.6 is 0 Å². The first-order valence-corrected chi connectivity index (χ1v) is 8.22. The molecule has 1 aromatic heterocycles. The minimum atomic E-state index is 0.620. The Morgan fingerprint density at radius 2 is 1.82 bits per heavy atom. The number of hydrogen-bond donors (Lipinski definition) is 1. The van der Waals surface area contributed by atoms with Gasteiger partial charge in [-0.15, -0.1) is 0 Å². The molecule has 1 aliphatic heterocycles. The van der Waals surface area contributed by atoms with Gasteiger partial charge in [0.05, 0.1) is 5.69 Å². The number of piperidine rings is 1. The van der Waals surface area contributed by atoms with Crippen molar-refractivity contribution >= 4 is 0 Å². The van der Waals surface area contributed by atoms with E-state index in [1.165, 1.54) is 31.5 Å². The summed E-state index contributed by atoms with van der Waals surface area (Å²) in [6.45, 7) is 6.35. The van der Waals surface area contributed by atoms with E-state index in [1.807, 2.05) is 13.0 Å². The number of benzene rings is 1.